The van der Waals surface area contributed by atoms with Crippen LogP contribution in [0.5, 0.6) is 5.75 Å². The normalized spacial score (nSPS) is 14.4. The van der Waals surface area contributed by atoms with Crippen molar-refractivity contribution < 1.29 is 9.84 Å². The molecule has 0 aliphatic carbocycles. The van der Waals surface area contributed by atoms with Crippen molar-refractivity contribution in [3.63, 3.8) is 0 Å². The molecule has 4 heteroatoms. The van der Waals surface area contributed by atoms with Crippen LogP contribution in [0.4, 0.5) is 0 Å². The second kappa shape index (κ2) is 6.99. The Labute approximate surface area is 111 Å². The minimum absolute atomic E-state index is 0.115. The molecule has 0 aliphatic rings. The topological polar surface area (TPSA) is 55.5 Å². The van der Waals surface area contributed by atoms with Crippen LogP contribution >= 0.6 is 15.9 Å². The number of aliphatic hydroxyl groups is 1. The molecule has 0 bridgehead atoms. The Bertz CT molecular complexity index is 314. The summed E-state index contributed by atoms with van der Waals surface area (Å²) in [5.74, 6) is 0.841. The standard InChI is InChI=1S/C13H20BrNO2/c1-2-13(9-15,10-16)7-8-17-12-5-3-11(14)4-6-12/h3-6,16H,2,7-10,15H2,1H3. The summed E-state index contributed by atoms with van der Waals surface area (Å²) >= 11 is 3.37. The maximum Gasteiger partial charge on any atom is 0.119 e. The van der Waals surface area contributed by atoms with Crippen LogP contribution in [0.15, 0.2) is 28.7 Å². The molecule has 3 N–H and O–H groups in total. The summed E-state index contributed by atoms with van der Waals surface area (Å²) in [6.45, 7) is 3.23. The van der Waals surface area contributed by atoms with Crippen molar-refractivity contribution in [1.82, 2.24) is 0 Å². The van der Waals surface area contributed by atoms with Crippen molar-refractivity contribution in [3.8, 4) is 5.75 Å². The molecule has 0 aromatic heterocycles. The van der Waals surface area contributed by atoms with Crippen molar-refractivity contribution >= 4 is 15.9 Å². The van der Waals surface area contributed by atoms with Gasteiger partial charge in [0.05, 0.1) is 13.2 Å². The third kappa shape index (κ3) is 4.30. The zero-order chi connectivity index (χ0) is 12.7. The first-order chi connectivity index (χ1) is 8.15. The Morgan fingerprint density at radius 2 is 2.00 bits per heavy atom. The monoisotopic (exact) mass is 301 g/mol. The Hall–Kier alpha value is -0.580. The molecule has 0 amide bonds. The van der Waals surface area contributed by atoms with Gasteiger partial charge >= 0.3 is 0 Å². The molecule has 0 radical (unpaired) electrons. The second-order valence-electron chi connectivity index (χ2n) is 4.27. The maximum atomic E-state index is 9.37. The van der Waals surface area contributed by atoms with Crippen LogP contribution in [-0.2, 0) is 0 Å². The Kier molecular flexibility index (Phi) is 5.95. The van der Waals surface area contributed by atoms with E-state index in [2.05, 4.69) is 15.9 Å². The van der Waals surface area contributed by atoms with Gasteiger partial charge in [0.15, 0.2) is 0 Å². The van der Waals surface area contributed by atoms with Crippen LogP contribution < -0.4 is 10.5 Å². The lowest BCUT2D eigenvalue weighted by Gasteiger charge is -2.28. The van der Waals surface area contributed by atoms with E-state index < -0.39 is 0 Å². The van der Waals surface area contributed by atoms with Gasteiger partial charge in [0.25, 0.3) is 0 Å². The first-order valence-electron chi connectivity index (χ1n) is 5.85. The van der Waals surface area contributed by atoms with Crippen molar-refractivity contribution in [2.75, 3.05) is 19.8 Å². The lowest BCUT2D eigenvalue weighted by atomic mass is 9.83. The molecule has 17 heavy (non-hydrogen) atoms. The molecule has 0 fully saturated rings. The highest BCUT2D eigenvalue weighted by atomic mass is 79.9. The third-order valence-electron chi connectivity index (χ3n) is 3.23. The molecule has 1 unspecified atom stereocenters. The summed E-state index contributed by atoms with van der Waals surface area (Å²) in [5, 5.41) is 9.37. The Balaban J connectivity index is 2.43. The smallest absolute Gasteiger partial charge is 0.119 e. The molecule has 0 saturated carbocycles. The summed E-state index contributed by atoms with van der Waals surface area (Å²) in [4.78, 5) is 0. The molecule has 0 aliphatic heterocycles. The molecule has 0 heterocycles. The number of hydrogen-bond acceptors (Lipinski definition) is 3. The first-order valence-corrected chi connectivity index (χ1v) is 6.64. The van der Waals surface area contributed by atoms with E-state index in [4.69, 9.17) is 10.5 Å². The van der Waals surface area contributed by atoms with Gasteiger partial charge in [-0.15, -0.1) is 0 Å². The predicted molar refractivity (Wildman–Crippen MR) is 73.1 cm³/mol. The molecule has 3 nitrogen and oxygen atoms in total. The van der Waals surface area contributed by atoms with Gasteiger partial charge in [-0.25, -0.2) is 0 Å². The highest BCUT2D eigenvalue weighted by Gasteiger charge is 2.25. The lowest BCUT2D eigenvalue weighted by molar-refractivity contribution is 0.0983. The predicted octanol–water partition coefficient (Wildman–Crippen LogP) is 2.57. The summed E-state index contributed by atoms with van der Waals surface area (Å²) in [5.41, 5.74) is 5.51. The molecular weight excluding hydrogens is 282 g/mol. The molecule has 0 saturated heterocycles. The van der Waals surface area contributed by atoms with E-state index in [1.807, 2.05) is 31.2 Å². The lowest BCUT2D eigenvalue weighted by Crippen LogP contribution is -2.35. The van der Waals surface area contributed by atoms with Crippen LogP contribution in [-0.4, -0.2) is 24.9 Å². The first kappa shape index (κ1) is 14.5. The van der Waals surface area contributed by atoms with Crippen LogP contribution in [0.25, 0.3) is 0 Å². The summed E-state index contributed by atoms with van der Waals surface area (Å²) in [7, 11) is 0. The van der Waals surface area contributed by atoms with Crippen molar-refractivity contribution in [2.45, 2.75) is 19.8 Å². The van der Waals surface area contributed by atoms with E-state index in [1.54, 1.807) is 0 Å². The number of hydrogen-bond donors (Lipinski definition) is 2. The van der Waals surface area contributed by atoms with Gasteiger partial charge in [0.1, 0.15) is 5.75 Å². The summed E-state index contributed by atoms with van der Waals surface area (Å²) in [6, 6.07) is 7.72. The van der Waals surface area contributed by atoms with Crippen molar-refractivity contribution in [3.05, 3.63) is 28.7 Å². The third-order valence-corrected chi connectivity index (χ3v) is 3.76. The van der Waals surface area contributed by atoms with Crippen LogP contribution in [0.2, 0.25) is 0 Å². The largest absolute Gasteiger partial charge is 0.494 e. The minimum atomic E-state index is -0.199. The van der Waals surface area contributed by atoms with Crippen LogP contribution in [0.3, 0.4) is 0 Å². The molecule has 1 atom stereocenters. The number of nitrogens with two attached hydrogens (primary N) is 1. The van der Waals surface area contributed by atoms with E-state index >= 15 is 0 Å². The quantitative estimate of drug-likeness (QED) is 0.814. The molecule has 1 aromatic carbocycles. The number of ether oxygens (including phenoxy) is 1. The van der Waals surface area contributed by atoms with Crippen molar-refractivity contribution in [2.24, 2.45) is 11.1 Å². The van der Waals surface area contributed by atoms with Crippen LogP contribution in [0, 0.1) is 5.41 Å². The fraction of sp³-hybridized carbons (Fsp3) is 0.538. The fourth-order valence-corrected chi connectivity index (χ4v) is 1.86. The van der Waals surface area contributed by atoms with Gasteiger partial charge < -0.3 is 15.6 Å². The fourth-order valence-electron chi connectivity index (χ4n) is 1.59. The highest BCUT2D eigenvalue weighted by molar-refractivity contribution is 9.10. The zero-order valence-corrected chi connectivity index (χ0v) is 11.7. The van der Waals surface area contributed by atoms with Gasteiger partial charge in [-0.3, -0.25) is 0 Å². The van der Waals surface area contributed by atoms with E-state index in [0.29, 0.717) is 13.2 Å². The minimum Gasteiger partial charge on any atom is -0.494 e. The summed E-state index contributed by atoms with van der Waals surface area (Å²) < 4.78 is 6.67. The van der Waals surface area contributed by atoms with E-state index in [9.17, 15) is 5.11 Å². The average Bonchev–Trinajstić information content (AvgIpc) is 2.38. The van der Waals surface area contributed by atoms with E-state index in [1.165, 1.54) is 0 Å². The highest BCUT2D eigenvalue weighted by Crippen LogP contribution is 2.25. The van der Waals surface area contributed by atoms with E-state index in [0.717, 1.165) is 23.1 Å². The molecular formula is C13H20BrNO2. The SMILES string of the molecule is CCC(CN)(CO)CCOc1ccc(Br)cc1. The zero-order valence-electron chi connectivity index (χ0n) is 10.2. The number of aliphatic hydroxyl groups excluding tert-OH is 1. The Morgan fingerprint density at radius 1 is 1.35 bits per heavy atom. The average molecular weight is 302 g/mol. The maximum absolute atomic E-state index is 9.37. The molecule has 96 valence electrons. The van der Waals surface area contributed by atoms with Crippen molar-refractivity contribution in [1.29, 1.82) is 0 Å². The van der Waals surface area contributed by atoms with Gasteiger partial charge in [-0.1, -0.05) is 22.9 Å². The van der Waals surface area contributed by atoms with Gasteiger partial charge in [0, 0.05) is 16.4 Å². The number of halogens is 1. The Morgan fingerprint density at radius 3 is 2.47 bits per heavy atom. The number of benzene rings is 1. The van der Waals surface area contributed by atoms with Gasteiger partial charge in [-0.2, -0.15) is 0 Å². The molecule has 1 rings (SSSR count). The molecule has 1 aromatic rings. The molecule has 0 spiro atoms. The van der Waals surface area contributed by atoms with Gasteiger partial charge in [0.2, 0.25) is 0 Å². The van der Waals surface area contributed by atoms with E-state index in [-0.39, 0.29) is 12.0 Å². The second-order valence-corrected chi connectivity index (χ2v) is 5.18. The van der Waals surface area contributed by atoms with Gasteiger partial charge in [-0.05, 0) is 37.1 Å². The number of rotatable bonds is 7. The van der Waals surface area contributed by atoms with Crippen LogP contribution in [0.1, 0.15) is 19.8 Å². The summed E-state index contributed by atoms with van der Waals surface area (Å²) in [6.07, 6.45) is 1.64.